The fraction of sp³-hybridized carbons (Fsp3) is 0.286. The van der Waals surface area contributed by atoms with Crippen molar-refractivity contribution in [3.63, 3.8) is 0 Å². The lowest BCUT2D eigenvalue weighted by Gasteiger charge is -2.19. The maximum atomic E-state index is 12.7. The average Bonchev–Trinajstić information content (AvgIpc) is 3.09. The molecule has 2 N–H and O–H groups in total. The van der Waals surface area contributed by atoms with Crippen LogP contribution < -0.4 is 10.2 Å². The Morgan fingerprint density at radius 3 is 2.56 bits per heavy atom. The van der Waals surface area contributed by atoms with Gasteiger partial charge in [-0.1, -0.05) is 30.3 Å². The van der Waals surface area contributed by atoms with E-state index in [4.69, 9.17) is 5.11 Å². The van der Waals surface area contributed by atoms with Gasteiger partial charge >= 0.3 is 5.97 Å². The van der Waals surface area contributed by atoms with E-state index in [-0.39, 0.29) is 24.3 Å². The van der Waals surface area contributed by atoms with Crippen molar-refractivity contribution in [1.29, 1.82) is 0 Å². The number of rotatable bonds is 6. The second-order valence-corrected chi connectivity index (χ2v) is 6.63. The fourth-order valence-electron chi connectivity index (χ4n) is 3.39. The summed E-state index contributed by atoms with van der Waals surface area (Å²) in [5, 5.41) is 11.9. The van der Waals surface area contributed by atoms with Gasteiger partial charge in [-0.3, -0.25) is 14.4 Å². The van der Waals surface area contributed by atoms with E-state index in [1.165, 1.54) is 6.92 Å². The van der Waals surface area contributed by atoms with Crippen LogP contribution in [0.15, 0.2) is 48.5 Å². The number of benzene rings is 2. The zero-order valence-electron chi connectivity index (χ0n) is 15.1. The molecule has 27 heavy (non-hydrogen) atoms. The van der Waals surface area contributed by atoms with E-state index in [2.05, 4.69) is 5.32 Å². The largest absolute Gasteiger partial charge is 0.481 e. The Balaban J connectivity index is 1.78. The number of hydrogen-bond donors (Lipinski definition) is 2. The van der Waals surface area contributed by atoms with Crippen LogP contribution in [0.5, 0.6) is 0 Å². The number of carboxylic acid groups (broad SMARTS) is 1. The van der Waals surface area contributed by atoms with Crippen LogP contribution in [-0.2, 0) is 16.0 Å². The highest BCUT2D eigenvalue weighted by molar-refractivity contribution is 5.98. The summed E-state index contributed by atoms with van der Waals surface area (Å²) in [5.41, 5.74) is 3.20. The first-order chi connectivity index (χ1) is 13.0. The van der Waals surface area contributed by atoms with Crippen molar-refractivity contribution in [3.05, 3.63) is 65.2 Å². The number of carbonyl (C=O) groups excluding carboxylic acids is 2. The summed E-state index contributed by atoms with van der Waals surface area (Å²) in [7, 11) is 0. The average molecular weight is 366 g/mol. The first-order valence-electron chi connectivity index (χ1n) is 8.94. The Morgan fingerprint density at radius 1 is 1.15 bits per heavy atom. The molecule has 0 bridgehead atoms. The number of anilines is 1. The van der Waals surface area contributed by atoms with Crippen LogP contribution in [0.2, 0.25) is 0 Å². The van der Waals surface area contributed by atoms with Gasteiger partial charge in [0, 0.05) is 31.1 Å². The molecule has 6 nitrogen and oxygen atoms in total. The minimum Gasteiger partial charge on any atom is -0.481 e. The topological polar surface area (TPSA) is 86.7 Å². The summed E-state index contributed by atoms with van der Waals surface area (Å²) in [6.07, 6.45) is 1.00. The van der Waals surface area contributed by atoms with Gasteiger partial charge < -0.3 is 15.3 Å². The minimum atomic E-state index is -0.896. The molecule has 1 aliphatic rings. The second-order valence-electron chi connectivity index (χ2n) is 6.63. The van der Waals surface area contributed by atoms with Crippen LogP contribution in [0.25, 0.3) is 0 Å². The van der Waals surface area contributed by atoms with E-state index in [1.54, 1.807) is 17.0 Å². The maximum Gasteiger partial charge on any atom is 0.303 e. The summed E-state index contributed by atoms with van der Waals surface area (Å²) in [6.45, 7) is 2.16. The molecule has 0 fully saturated rings. The standard InChI is InChI=1S/C21H22N2O4/c1-14(24)23-12-11-16-13-17(7-9-19(16)23)21(27)22-18(8-10-20(25)26)15-5-3-2-4-6-15/h2-7,9,13,18H,8,10-12H2,1H3,(H,22,27)(H,25,26). The number of aliphatic carboxylic acids is 1. The number of carboxylic acids is 1. The van der Waals surface area contributed by atoms with Crippen LogP contribution in [0.1, 0.15) is 47.3 Å². The lowest BCUT2D eigenvalue weighted by Crippen LogP contribution is -2.29. The van der Waals surface area contributed by atoms with Gasteiger partial charge in [0.05, 0.1) is 6.04 Å². The normalized spacial score (nSPS) is 13.7. The van der Waals surface area contributed by atoms with Crippen LogP contribution in [-0.4, -0.2) is 29.4 Å². The molecule has 0 saturated heterocycles. The van der Waals surface area contributed by atoms with Gasteiger partial charge in [0.1, 0.15) is 0 Å². The van der Waals surface area contributed by atoms with Crippen molar-refractivity contribution in [1.82, 2.24) is 5.32 Å². The van der Waals surface area contributed by atoms with Gasteiger partial charge in [0.2, 0.25) is 5.91 Å². The molecular weight excluding hydrogens is 344 g/mol. The molecule has 2 aromatic rings. The molecule has 1 unspecified atom stereocenters. The van der Waals surface area contributed by atoms with E-state index < -0.39 is 5.97 Å². The van der Waals surface area contributed by atoms with Crippen molar-refractivity contribution < 1.29 is 19.5 Å². The summed E-state index contributed by atoms with van der Waals surface area (Å²) in [5.74, 6) is -1.16. The highest BCUT2D eigenvalue weighted by atomic mass is 16.4. The quantitative estimate of drug-likeness (QED) is 0.823. The van der Waals surface area contributed by atoms with E-state index in [0.717, 1.165) is 23.2 Å². The SMILES string of the molecule is CC(=O)N1CCc2cc(C(=O)NC(CCC(=O)O)c3ccccc3)ccc21. The molecule has 1 atom stereocenters. The molecule has 1 heterocycles. The van der Waals surface area contributed by atoms with E-state index in [9.17, 15) is 14.4 Å². The van der Waals surface area contributed by atoms with Crippen molar-refractivity contribution in [3.8, 4) is 0 Å². The predicted molar refractivity (Wildman–Crippen MR) is 102 cm³/mol. The molecule has 0 aliphatic carbocycles. The number of nitrogens with zero attached hydrogens (tertiary/aromatic N) is 1. The molecule has 3 rings (SSSR count). The Labute approximate surface area is 157 Å². The number of nitrogens with one attached hydrogen (secondary N) is 1. The molecule has 0 aromatic heterocycles. The molecular formula is C21H22N2O4. The van der Waals surface area contributed by atoms with Crippen molar-refractivity contribution in [2.24, 2.45) is 0 Å². The predicted octanol–water partition coefficient (Wildman–Crippen LogP) is 2.93. The Kier molecular flexibility index (Phi) is 5.54. The van der Waals surface area contributed by atoms with Gasteiger partial charge in [0.15, 0.2) is 0 Å². The second kappa shape index (κ2) is 8.03. The molecule has 6 heteroatoms. The Hall–Kier alpha value is -3.15. The third-order valence-corrected chi connectivity index (χ3v) is 4.77. The summed E-state index contributed by atoms with van der Waals surface area (Å²) < 4.78 is 0. The van der Waals surface area contributed by atoms with Crippen LogP contribution in [0.3, 0.4) is 0 Å². The van der Waals surface area contributed by atoms with Gasteiger partial charge in [-0.15, -0.1) is 0 Å². The lowest BCUT2D eigenvalue weighted by atomic mass is 10.0. The van der Waals surface area contributed by atoms with Gasteiger partial charge in [-0.25, -0.2) is 0 Å². The number of hydrogen-bond acceptors (Lipinski definition) is 3. The number of carbonyl (C=O) groups is 3. The van der Waals surface area contributed by atoms with Crippen molar-refractivity contribution >= 4 is 23.5 Å². The van der Waals surface area contributed by atoms with Gasteiger partial charge in [0.25, 0.3) is 5.91 Å². The zero-order chi connectivity index (χ0) is 19.4. The van der Waals surface area contributed by atoms with E-state index >= 15 is 0 Å². The lowest BCUT2D eigenvalue weighted by molar-refractivity contribution is -0.137. The zero-order valence-corrected chi connectivity index (χ0v) is 15.1. The maximum absolute atomic E-state index is 12.7. The highest BCUT2D eigenvalue weighted by Gasteiger charge is 2.24. The highest BCUT2D eigenvalue weighted by Crippen LogP contribution is 2.29. The molecule has 0 radical (unpaired) electrons. The molecule has 1 aliphatic heterocycles. The van der Waals surface area contributed by atoms with Crippen LogP contribution >= 0.6 is 0 Å². The minimum absolute atomic E-state index is 0.0104. The molecule has 2 aromatic carbocycles. The molecule has 140 valence electrons. The molecule has 0 spiro atoms. The van der Waals surface area contributed by atoms with E-state index in [1.807, 2.05) is 36.4 Å². The van der Waals surface area contributed by atoms with Crippen LogP contribution in [0.4, 0.5) is 5.69 Å². The molecule has 2 amide bonds. The van der Waals surface area contributed by atoms with Crippen molar-refractivity contribution in [2.75, 3.05) is 11.4 Å². The first kappa shape index (κ1) is 18.6. The van der Waals surface area contributed by atoms with Crippen LogP contribution in [0, 0.1) is 0 Å². The fourth-order valence-corrected chi connectivity index (χ4v) is 3.39. The van der Waals surface area contributed by atoms with Gasteiger partial charge in [-0.2, -0.15) is 0 Å². The first-order valence-corrected chi connectivity index (χ1v) is 8.94. The van der Waals surface area contributed by atoms with E-state index in [0.29, 0.717) is 18.5 Å². The third-order valence-electron chi connectivity index (χ3n) is 4.77. The number of fused-ring (bicyclic) bond motifs is 1. The van der Waals surface area contributed by atoms with Gasteiger partial charge in [-0.05, 0) is 42.2 Å². The summed E-state index contributed by atoms with van der Waals surface area (Å²) in [6, 6.07) is 14.3. The molecule has 0 saturated carbocycles. The Morgan fingerprint density at radius 2 is 1.89 bits per heavy atom. The van der Waals surface area contributed by atoms with Crippen molar-refractivity contribution in [2.45, 2.75) is 32.2 Å². The number of amides is 2. The summed E-state index contributed by atoms with van der Waals surface area (Å²) >= 11 is 0. The smallest absolute Gasteiger partial charge is 0.303 e. The Bertz CT molecular complexity index is 864. The summed E-state index contributed by atoms with van der Waals surface area (Å²) in [4.78, 5) is 37.1. The third kappa shape index (κ3) is 4.34. The monoisotopic (exact) mass is 366 g/mol.